The summed E-state index contributed by atoms with van der Waals surface area (Å²) in [6, 6.07) is 0. The molecule has 0 spiro atoms. The normalized spacial score (nSPS) is 17.5. The molecule has 16 heteroatoms. The zero-order valence-corrected chi connectivity index (χ0v) is 15.8. The van der Waals surface area contributed by atoms with Gasteiger partial charge in [0.05, 0.1) is 37.5 Å². The lowest BCUT2D eigenvalue weighted by Gasteiger charge is -2.51. The highest BCUT2D eigenvalue weighted by Crippen LogP contribution is 2.60. The van der Waals surface area contributed by atoms with Crippen molar-refractivity contribution in [1.29, 1.82) is 0 Å². The van der Waals surface area contributed by atoms with Crippen LogP contribution in [-0.4, -0.2) is 42.8 Å². The first-order chi connectivity index (χ1) is 13.5. The summed E-state index contributed by atoms with van der Waals surface area (Å²) in [6.45, 7) is -0.391. The average molecular weight is 461 g/mol. The van der Waals surface area contributed by atoms with Crippen LogP contribution in [0.1, 0.15) is 25.7 Å². The van der Waals surface area contributed by atoms with Crippen molar-refractivity contribution in [2.75, 3.05) is 5.73 Å². The zero-order valence-electron chi connectivity index (χ0n) is 14.9. The Bertz CT molecular complexity index is 967. The molecule has 0 unspecified atom stereocenters. The van der Waals surface area contributed by atoms with Gasteiger partial charge in [-0.3, -0.25) is 0 Å². The quantitative estimate of drug-likeness (QED) is 0.483. The van der Waals surface area contributed by atoms with Crippen LogP contribution in [0.2, 0.25) is 0 Å². The van der Waals surface area contributed by atoms with Gasteiger partial charge >= 0.3 is 12.4 Å². The first kappa shape index (κ1) is 22.7. The number of nitrogen functional groups attached to an aromatic ring is 1. The highest BCUT2D eigenvalue weighted by atomic mass is 31.2. The van der Waals surface area contributed by atoms with Gasteiger partial charge < -0.3 is 29.4 Å². The number of fused-ring (bicyclic) bond motifs is 1. The number of aromatic nitrogens is 4. The highest BCUT2D eigenvalue weighted by Gasteiger charge is 2.58. The molecule has 1 saturated carbocycles. The third-order valence-corrected chi connectivity index (χ3v) is 5.91. The van der Waals surface area contributed by atoms with E-state index in [9.17, 15) is 40.7 Å². The van der Waals surface area contributed by atoms with Crippen molar-refractivity contribution in [3.63, 3.8) is 0 Å². The second-order valence-corrected chi connectivity index (χ2v) is 8.93. The van der Waals surface area contributed by atoms with Crippen molar-refractivity contribution < 1.29 is 45.4 Å². The number of hydrogen-bond acceptors (Lipinski definition) is 8. The third kappa shape index (κ3) is 5.02. The highest BCUT2D eigenvalue weighted by molar-refractivity contribution is 7.50. The molecule has 2 aromatic heterocycles. The van der Waals surface area contributed by atoms with Crippen molar-refractivity contribution >= 4 is 24.7 Å². The molecule has 0 radical (unpaired) electrons. The summed E-state index contributed by atoms with van der Waals surface area (Å²) < 4.78 is 95.8. The van der Waals surface area contributed by atoms with Crippen molar-refractivity contribution in [3.8, 4) is 0 Å². The van der Waals surface area contributed by atoms with Crippen LogP contribution in [0.3, 0.4) is 0 Å². The molecule has 1 aliphatic rings. The Kier molecular flexibility index (Phi) is 5.33. The summed E-state index contributed by atoms with van der Waals surface area (Å²) in [5.41, 5.74) is 4.05. The van der Waals surface area contributed by atoms with Crippen LogP contribution >= 0.6 is 7.60 Å². The van der Waals surface area contributed by atoms with E-state index in [0.717, 1.165) is 0 Å². The van der Waals surface area contributed by atoms with E-state index in [0.29, 0.717) is 0 Å². The van der Waals surface area contributed by atoms with Gasteiger partial charge in [-0.15, -0.1) is 0 Å². The number of nitrogens with zero attached hydrogens (tertiary/aromatic N) is 4. The Hall–Kier alpha value is -1.96. The number of ether oxygens (including phenoxy) is 1. The maximum absolute atomic E-state index is 13.0. The largest absolute Gasteiger partial charge is 0.809 e. The monoisotopic (exact) mass is 461 g/mol. The number of halogens is 6. The Morgan fingerprint density at radius 2 is 1.70 bits per heavy atom. The Morgan fingerprint density at radius 3 is 2.17 bits per heavy atom. The SMILES string of the molecule is Nc1ncc2ncn(CC3(OC(CC(F)(F)F)(CC(F)(F)F)P(=O)([O-])[O-])CC3)c2n1. The van der Waals surface area contributed by atoms with E-state index in [-0.39, 0.29) is 30.0 Å². The summed E-state index contributed by atoms with van der Waals surface area (Å²) in [4.78, 5) is 34.8. The van der Waals surface area contributed by atoms with E-state index in [1.54, 1.807) is 0 Å². The smallest absolute Gasteiger partial charge is 0.392 e. The second-order valence-electron chi connectivity index (χ2n) is 7.12. The van der Waals surface area contributed by atoms with Gasteiger partial charge in [0.1, 0.15) is 10.9 Å². The minimum Gasteiger partial charge on any atom is -0.809 e. The standard InChI is InChI=1S/C14H16F6N5O4P/c15-13(16,17)4-12(30(26,27)28,5-14(18,19)20)29-11(1-2-11)6-25-7-23-8-3-22-10(21)24-9(8)25/h3,7H,1-2,4-6H2,(H2,21,22,24)(H2,26,27,28)/p-2. The lowest BCUT2D eigenvalue weighted by atomic mass is 10.1. The van der Waals surface area contributed by atoms with Gasteiger partial charge in [-0.05, 0) is 20.4 Å². The molecular weight excluding hydrogens is 447 g/mol. The lowest BCUT2D eigenvalue weighted by Crippen LogP contribution is -2.51. The molecule has 168 valence electrons. The van der Waals surface area contributed by atoms with Gasteiger partial charge in [0, 0.05) is 0 Å². The summed E-state index contributed by atoms with van der Waals surface area (Å²) in [7, 11) is -6.53. The fourth-order valence-corrected chi connectivity index (χ4v) is 4.19. The molecular formula is C14H14F6N5O4P-2. The van der Waals surface area contributed by atoms with E-state index >= 15 is 0 Å². The predicted octanol–water partition coefficient (Wildman–Crippen LogP) is 1.47. The molecule has 0 bridgehead atoms. The van der Waals surface area contributed by atoms with Crippen molar-refractivity contribution in [3.05, 3.63) is 12.5 Å². The van der Waals surface area contributed by atoms with Gasteiger partial charge in [-0.1, -0.05) is 0 Å². The molecule has 0 atom stereocenters. The van der Waals surface area contributed by atoms with E-state index in [1.807, 2.05) is 0 Å². The molecule has 2 heterocycles. The molecule has 30 heavy (non-hydrogen) atoms. The molecule has 2 N–H and O–H groups in total. The summed E-state index contributed by atoms with van der Waals surface area (Å²) in [5, 5.41) is -4.04. The van der Waals surface area contributed by atoms with Crippen LogP contribution < -0.4 is 15.5 Å². The summed E-state index contributed by atoms with van der Waals surface area (Å²) in [5.74, 6) is -0.165. The second kappa shape index (κ2) is 7.04. The molecule has 0 aromatic carbocycles. The Balaban J connectivity index is 1.98. The van der Waals surface area contributed by atoms with Gasteiger partial charge in [-0.2, -0.15) is 31.3 Å². The number of anilines is 1. The number of imidazole rings is 1. The van der Waals surface area contributed by atoms with Gasteiger partial charge in [0.2, 0.25) is 5.95 Å². The van der Waals surface area contributed by atoms with Gasteiger partial charge in [0.25, 0.3) is 0 Å². The van der Waals surface area contributed by atoms with Crippen LogP contribution in [0.4, 0.5) is 32.3 Å². The van der Waals surface area contributed by atoms with E-state index < -0.39 is 50.3 Å². The molecule has 9 nitrogen and oxygen atoms in total. The number of nitrogens with two attached hydrogens (primary N) is 1. The van der Waals surface area contributed by atoms with Crippen LogP contribution in [0.25, 0.3) is 11.2 Å². The Morgan fingerprint density at radius 1 is 1.13 bits per heavy atom. The molecule has 1 aliphatic carbocycles. The summed E-state index contributed by atoms with van der Waals surface area (Å²) >= 11 is 0. The number of hydrogen-bond donors (Lipinski definition) is 1. The number of alkyl halides is 6. The van der Waals surface area contributed by atoms with Crippen molar-refractivity contribution in [2.24, 2.45) is 0 Å². The van der Waals surface area contributed by atoms with E-state index in [4.69, 9.17) is 10.5 Å². The molecule has 2 aromatic rings. The van der Waals surface area contributed by atoms with Crippen molar-refractivity contribution in [1.82, 2.24) is 19.5 Å². The molecule has 0 amide bonds. The minimum atomic E-state index is -6.53. The number of rotatable bonds is 7. The molecule has 0 saturated heterocycles. The molecule has 3 rings (SSSR count). The molecule has 1 fully saturated rings. The van der Waals surface area contributed by atoms with Crippen LogP contribution in [0.15, 0.2) is 12.5 Å². The topological polar surface area (TPSA) is 142 Å². The zero-order chi connectivity index (χ0) is 22.6. The minimum absolute atomic E-state index is 0.0787. The van der Waals surface area contributed by atoms with E-state index in [1.165, 1.54) is 17.1 Å². The fourth-order valence-electron chi connectivity index (χ4n) is 3.14. The fraction of sp³-hybridized carbons (Fsp3) is 0.643. The first-order valence-electron chi connectivity index (χ1n) is 8.32. The van der Waals surface area contributed by atoms with Gasteiger partial charge in [-0.25, -0.2) is 9.97 Å². The lowest BCUT2D eigenvalue weighted by molar-refractivity contribution is -0.347. The first-order valence-corrected chi connectivity index (χ1v) is 9.87. The predicted molar refractivity (Wildman–Crippen MR) is 84.5 cm³/mol. The van der Waals surface area contributed by atoms with Crippen LogP contribution in [0, 0.1) is 0 Å². The van der Waals surface area contributed by atoms with E-state index in [2.05, 4.69) is 15.0 Å². The summed E-state index contributed by atoms with van der Waals surface area (Å²) in [6.07, 6.45) is -13.7. The third-order valence-electron chi connectivity index (χ3n) is 4.50. The average Bonchev–Trinajstić information content (AvgIpc) is 3.15. The van der Waals surface area contributed by atoms with Crippen molar-refractivity contribution in [2.45, 2.75) is 55.5 Å². The van der Waals surface area contributed by atoms with Crippen LogP contribution in [-0.2, 0) is 15.8 Å². The maximum Gasteiger partial charge on any atom is 0.392 e. The van der Waals surface area contributed by atoms with Crippen LogP contribution in [0.5, 0.6) is 0 Å². The maximum atomic E-state index is 13.0. The molecule has 0 aliphatic heterocycles. The Labute approximate surface area is 164 Å². The van der Waals surface area contributed by atoms with Gasteiger partial charge in [0.15, 0.2) is 5.65 Å².